The second kappa shape index (κ2) is 6.50. The molecule has 16 heavy (non-hydrogen) atoms. The Bertz CT molecular complexity index is 437. The maximum Gasteiger partial charge on any atom is 0.293 e. The minimum Gasteiger partial charge on any atom is -0.496 e. The molecule has 0 spiro atoms. The van der Waals surface area contributed by atoms with E-state index in [9.17, 15) is 4.79 Å². The first-order chi connectivity index (χ1) is 7.83. The minimum atomic E-state index is 0.431. The molecule has 0 atom stereocenters. The van der Waals surface area contributed by atoms with Crippen LogP contribution in [0.3, 0.4) is 0 Å². The Hall–Kier alpha value is -1.97. The van der Waals surface area contributed by atoms with Gasteiger partial charge in [0.1, 0.15) is 5.75 Å². The van der Waals surface area contributed by atoms with E-state index in [1.165, 1.54) is 0 Å². The van der Waals surface area contributed by atoms with E-state index in [2.05, 4.69) is 9.72 Å². The van der Waals surface area contributed by atoms with Gasteiger partial charge in [0.25, 0.3) is 6.47 Å². The van der Waals surface area contributed by atoms with Gasteiger partial charge in [-0.2, -0.15) is 0 Å². The molecule has 0 saturated heterocycles. The first kappa shape index (κ1) is 12.1. The quantitative estimate of drug-likeness (QED) is 0.809. The summed E-state index contributed by atoms with van der Waals surface area (Å²) < 4.78 is 9.32. The summed E-state index contributed by atoms with van der Waals surface area (Å²) in [7, 11) is 1.68. The molecule has 4 heteroatoms. The molecular weight excluding hydrogens is 206 g/mol. The molecule has 1 heterocycles. The van der Waals surface area contributed by atoms with E-state index in [-0.39, 0.29) is 0 Å². The highest BCUT2D eigenvalue weighted by atomic mass is 16.5. The number of ether oxygens (including phenoxy) is 2. The van der Waals surface area contributed by atoms with Crippen LogP contribution >= 0.6 is 0 Å². The van der Waals surface area contributed by atoms with Crippen molar-refractivity contribution in [1.29, 1.82) is 0 Å². The van der Waals surface area contributed by atoms with Crippen molar-refractivity contribution in [3.05, 3.63) is 30.5 Å². The van der Waals surface area contributed by atoms with Gasteiger partial charge in [0.05, 0.1) is 13.7 Å². The first-order valence-corrected chi connectivity index (χ1v) is 4.98. The van der Waals surface area contributed by atoms with E-state index in [0.29, 0.717) is 13.1 Å². The molecule has 1 aromatic carbocycles. The molecule has 0 unspecified atom stereocenters. The molecule has 0 aliphatic rings. The summed E-state index contributed by atoms with van der Waals surface area (Å²) in [5, 5.41) is 1.13. The van der Waals surface area contributed by atoms with Gasteiger partial charge in [-0.1, -0.05) is 6.07 Å². The summed E-state index contributed by atoms with van der Waals surface area (Å²) in [6, 6.07) is 7.96. The lowest BCUT2D eigenvalue weighted by Crippen LogP contribution is -1.81. The number of hydrogen-bond acceptors (Lipinski definition) is 3. The molecule has 4 nitrogen and oxygen atoms in total. The summed E-state index contributed by atoms with van der Waals surface area (Å²) in [6.45, 7) is 2.66. The van der Waals surface area contributed by atoms with Crippen LogP contribution in [0, 0.1) is 0 Å². The molecule has 2 rings (SSSR count). The van der Waals surface area contributed by atoms with Crippen LogP contribution < -0.4 is 4.74 Å². The average Bonchev–Trinajstić information content (AvgIpc) is 2.78. The van der Waals surface area contributed by atoms with Crippen molar-refractivity contribution in [3.63, 3.8) is 0 Å². The topological polar surface area (TPSA) is 51.3 Å². The molecule has 0 amide bonds. The fourth-order valence-corrected chi connectivity index (χ4v) is 1.30. The summed E-state index contributed by atoms with van der Waals surface area (Å²) in [6.07, 6.45) is 1.91. The molecule has 2 aromatic rings. The van der Waals surface area contributed by atoms with Gasteiger partial charge >= 0.3 is 0 Å². The number of aromatic nitrogens is 1. The molecular formula is C12H15NO3. The molecule has 1 aromatic heterocycles. The van der Waals surface area contributed by atoms with Gasteiger partial charge in [0.2, 0.25) is 0 Å². The van der Waals surface area contributed by atoms with Crippen molar-refractivity contribution in [3.8, 4) is 5.75 Å². The van der Waals surface area contributed by atoms with Crippen LogP contribution in [0.2, 0.25) is 0 Å². The zero-order chi connectivity index (χ0) is 11.8. The second-order valence-corrected chi connectivity index (χ2v) is 2.95. The zero-order valence-electron chi connectivity index (χ0n) is 9.40. The van der Waals surface area contributed by atoms with Crippen molar-refractivity contribution < 1.29 is 14.3 Å². The maximum absolute atomic E-state index is 9.18. The predicted octanol–water partition coefficient (Wildman–Crippen LogP) is 2.36. The fraction of sp³-hybridized carbons (Fsp3) is 0.250. The molecule has 1 N–H and O–H groups in total. The number of nitrogens with one attached hydrogen (secondary N) is 1. The number of fused-ring (bicyclic) bond motifs is 1. The van der Waals surface area contributed by atoms with Crippen molar-refractivity contribution in [2.24, 2.45) is 0 Å². The molecule has 0 saturated carbocycles. The Morgan fingerprint density at radius 2 is 2.19 bits per heavy atom. The van der Waals surface area contributed by atoms with Gasteiger partial charge in [-0.05, 0) is 25.1 Å². The van der Waals surface area contributed by atoms with Crippen molar-refractivity contribution >= 4 is 17.4 Å². The third kappa shape index (κ3) is 3.02. The van der Waals surface area contributed by atoms with Crippen LogP contribution in [-0.2, 0) is 9.53 Å². The number of aromatic amines is 1. The van der Waals surface area contributed by atoms with Crippen molar-refractivity contribution in [2.45, 2.75) is 6.92 Å². The Morgan fingerprint density at radius 1 is 1.38 bits per heavy atom. The number of hydrogen-bond donors (Lipinski definition) is 1. The second-order valence-electron chi connectivity index (χ2n) is 2.95. The van der Waals surface area contributed by atoms with Crippen LogP contribution in [0.25, 0.3) is 10.9 Å². The molecule has 0 aliphatic heterocycles. The number of H-pyrrole nitrogens is 1. The Balaban J connectivity index is 0.000000221. The number of carbonyl (C=O) groups excluding carboxylic acids is 1. The highest BCUT2D eigenvalue weighted by Gasteiger charge is 1.98. The summed E-state index contributed by atoms with van der Waals surface area (Å²) in [5.74, 6) is 0.920. The number of methoxy groups -OCH3 is 1. The highest BCUT2D eigenvalue weighted by molar-refractivity contribution is 5.85. The van der Waals surface area contributed by atoms with E-state index in [1.54, 1.807) is 14.0 Å². The van der Waals surface area contributed by atoms with Gasteiger partial charge in [0, 0.05) is 17.1 Å². The molecule has 0 fully saturated rings. The van der Waals surface area contributed by atoms with E-state index in [1.807, 2.05) is 30.5 Å². The third-order valence-corrected chi connectivity index (χ3v) is 2.01. The highest BCUT2D eigenvalue weighted by Crippen LogP contribution is 2.23. The summed E-state index contributed by atoms with van der Waals surface area (Å²) in [4.78, 5) is 12.3. The van der Waals surface area contributed by atoms with Crippen molar-refractivity contribution in [2.75, 3.05) is 13.7 Å². The van der Waals surface area contributed by atoms with Crippen LogP contribution in [0.1, 0.15) is 6.92 Å². The summed E-state index contributed by atoms with van der Waals surface area (Å²) >= 11 is 0. The molecule has 0 bridgehead atoms. The Labute approximate surface area is 94.2 Å². The van der Waals surface area contributed by atoms with Gasteiger partial charge in [-0.25, -0.2) is 0 Å². The van der Waals surface area contributed by atoms with E-state index >= 15 is 0 Å². The molecule has 86 valence electrons. The standard InChI is InChI=1S/C9H9NO.C3H6O2/c1-11-9-4-2-3-8-7(9)5-6-10-8;1-2-5-3-4/h2-6,10H,1H3;3H,2H2,1H3. The van der Waals surface area contributed by atoms with Gasteiger partial charge in [-0.3, -0.25) is 4.79 Å². The Kier molecular flexibility index (Phi) is 4.92. The lowest BCUT2D eigenvalue weighted by Gasteiger charge is -1.99. The maximum atomic E-state index is 9.18. The largest absolute Gasteiger partial charge is 0.496 e. The van der Waals surface area contributed by atoms with Gasteiger partial charge in [-0.15, -0.1) is 0 Å². The van der Waals surface area contributed by atoms with Crippen LogP contribution in [0.15, 0.2) is 30.5 Å². The lowest BCUT2D eigenvalue weighted by molar-refractivity contribution is -0.128. The minimum absolute atomic E-state index is 0.431. The van der Waals surface area contributed by atoms with Crippen LogP contribution in [0.5, 0.6) is 5.75 Å². The summed E-state index contributed by atoms with van der Waals surface area (Å²) in [5.41, 5.74) is 1.12. The molecule has 0 aliphatic carbocycles. The van der Waals surface area contributed by atoms with E-state index in [0.717, 1.165) is 16.7 Å². The first-order valence-electron chi connectivity index (χ1n) is 4.98. The van der Waals surface area contributed by atoms with E-state index < -0.39 is 0 Å². The zero-order valence-corrected chi connectivity index (χ0v) is 9.40. The third-order valence-electron chi connectivity index (χ3n) is 2.01. The predicted molar refractivity (Wildman–Crippen MR) is 62.5 cm³/mol. The SMILES string of the molecule is CCOC=O.COc1cccc2[nH]ccc12. The number of benzene rings is 1. The lowest BCUT2D eigenvalue weighted by atomic mass is 10.2. The number of rotatable bonds is 3. The average molecular weight is 221 g/mol. The monoisotopic (exact) mass is 221 g/mol. The fourth-order valence-electron chi connectivity index (χ4n) is 1.30. The van der Waals surface area contributed by atoms with Crippen LogP contribution in [0.4, 0.5) is 0 Å². The van der Waals surface area contributed by atoms with Crippen LogP contribution in [-0.4, -0.2) is 25.2 Å². The normalized spacial score (nSPS) is 9.12. The van der Waals surface area contributed by atoms with Gasteiger partial charge < -0.3 is 14.5 Å². The molecule has 0 radical (unpaired) electrons. The van der Waals surface area contributed by atoms with E-state index in [4.69, 9.17) is 4.74 Å². The number of carbonyl (C=O) groups is 1. The van der Waals surface area contributed by atoms with Crippen molar-refractivity contribution in [1.82, 2.24) is 4.98 Å². The Morgan fingerprint density at radius 3 is 2.75 bits per heavy atom. The smallest absolute Gasteiger partial charge is 0.293 e. The van der Waals surface area contributed by atoms with Gasteiger partial charge in [0.15, 0.2) is 0 Å².